The molecule has 15 heavy (non-hydrogen) atoms. The summed E-state index contributed by atoms with van der Waals surface area (Å²) in [6.07, 6.45) is 9.43. The summed E-state index contributed by atoms with van der Waals surface area (Å²) >= 11 is 0. The molecule has 0 aromatic rings. The van der Waals surface area contributed by atoms with Gasteiger partial charge in [-0.2, -0.15) is 0 Å². The molecule has 2 nitrogen and oxygen atoms in total. The largest absolute Gasteiger partial charge is 0.377 e. The van der Waals surface area contributed by atoms with Crippen molar-refractivity contribution in [1.82, 2.24) is 5.32 Å². The van der Waals surface area contributed by atoms with Gasteiger partial charge < -0.3 is 10.1 Å². The molecule has 0 amide bonds. The molecule has 1 saturated carbocycles. The average Bonchev–Trinajstić information content (AvgIpc) is 2.69. The van der Waals surface area contributed by atoms with Crippen molar-refractivity contribution < 1.29 is 4.74 Å². The van der Waals surface area contributed by atoms with E-state index >= 15 is 0 Å². The number of hydrogen-bond donors (Lipinski definition) is 1. The van der Waals surface area contributed by atoms with Crippen LogP contribution in [-0.4, -0.2) is 25.3 Å². The molecular formula is C13H27NO. The molecule has 2 heteroatoms. The van der Waals surface area contributed by atoms with Gasteiger partial charge in [0.05, 0.1) is 6.10 Å². The summed E-state index contributed by atoms with van der Waals surface area (Å²) in [6, 6.07) is 0.631. The standard InChI is InChI=1S/C13H27NO/c1-3-5-6-11-15-13-9-7-8-12(13)14-10-4-2/h12-14H,3-11H2,1-2H3. The van der Waals surface area contributed by atoms with Crippen molar-refractivity contribution >= 4 is 0 Å². The number of hydrogen-bond acceptors (Lipinski definition) is 2. The summed E-state index contributed by atoms with van der Waals surface area (Å²) in [7, 11) is 0. The molecular weight excluding hydrogens is 186 g/mol. The van der Waals surface area contributed by atoms with Crippen molar-refractivity contribution in [2.45, 2.75) is 70.9 Å². The van der Waals surface area contributed by atoms with E-state index in [1.165, 1.54) is 44.9 Å². The highest BCUT2D eigenvalue weighted by Crippen LogP contribution is 2.22. The maximum absolute atomic E-state index is 5.95. The van der Waals surface area contributed by atoms with Crippen molar-refractivity contribution in [2.75, 3.05) is 13.2 Å². The minimum atomic E-state index is 0.494. The van der Waals surface area contributed by atoms with Crippen LogP contribution in [0.2, 0.25) is 0 Å². The fourth-order valence-corrected chi connectivity index (χ4v) is 2.28. The predicted molar refractivity (Wildman–Crippen MR) is 65.2 cm³/mol. The molecule has 1 aliphatic rings. The maximum atomic E-state index is 5.95. The van der Waals surface area contributed by atoms with Crippen molar-refractivity contribution in [3.05, 3.63) is 0 Å². The highest BCUT2D eigenvalue weighted by Gasteiger charge is 2.26. The Morgan fingerprint density at radius 2 is 2.00 bits per heavy atom. The first-order valence-corrected chi connectivity index (χ1v) is 6.73. The van der Waals surface area contributed by atoms with Gasteiger partial charge in [0, 0.05) is 12.6 Å². The third-order valence-corrected chi connectivity index (χ3v) is 3.19. The summed E-state index contributed by atoms with van der Waals surface area (Å²) in [5.74, 6) is 0. The van der Waals surface area contributed by atoms with Crippen molar-refractivity contribution in [3.8, 4) is 0 Å². The number of ether oxygens (including phenoxy) is 1. The van der Waals surface area contributed by atoms with Crippen LogP contribution in [0, 0.1) is 0 Å². The van der Waals surface area contributed by atoms with Crippen LogP contribution in [0.3, 0.4) is 0 Å². The minimum Gasteiger partial charge on any atom is -0.377 e. The van der Waals surface area contributed by atoms with Gasteiger partial charge in [-0.25, -0.2) is 0 Å². The van der Waals surface area contributed by atoms with Crippen LogP contribution >= 0.6 is 0 Å². The van der Waals surface area contributed by atoms with E-state index in [1.54, 1.807) is 0 Å². The lowest BCUT2D eigenvalue weighted by Gasteiger charge is -2.21. The van der Waals surface area contributed by atoms with E-state index in [9.17, 15) is 0 Å². The molecule has 0 aromatic carbocycles. The lowest BCUT2D eigenvalue weighted by atomic mass is 10.2. The van der Waals surface area contributed by atoms with E-state index in [1.807, 2.05) is 0 Å². The normalized spacial score (nSPS) is 26.0. The Labute approximate surface area is 94.8 Å². The number of unbranched alkanes of at least 4 members (excludes halogenated alkanes) is 2. The van der Waals surface area contributed by atoms with E-state index in [4.69, 9.17) is 4.74 Å². The third-order valence-electron chi connectivity index (χ3n) is 3.19. The maximum Gasteiger partial charge on any atom is 0.0728 e. The molecule has 1 N–H and O–H groups in total. The molecule has 1 rings (SSSR count). The second-order valence-corrected chi connectivity index (χ2v) is 4.61. The van der Waals surface area contributed by atoms with E-state index in [0.29, 0.717) is 12.1 Å². The van der Waals surface area contributed by atoms with E-state index < -0.39 is 0 Å². The SMILES string of the molecule is CCCCCOC1CCCC1NCCC. The van der Waals surface area contributed by atoms with Gasteiger partial charge in [0.1, 0.15) is 0 Å². The molecule has 1 fully saturated rings. The first-order valence-electron chi connectivity index (χ1n) is 6.73. The Bertz CT molecular complexity index is 149. The van der Waals surface area contributed by atoms with Gasteiger partial charge in [-0.3, -0.25) is 0 Å². The van der Waals surface area contributed by atoms with E-state index in [-0.39, 0.29) is 0 Å². The van der Waals surface area contributed by atoms with Crippen LogP contribution < -0.4 is 5.32 Å². The molecule has 0 heterocycles. The van der Waals surface area contributed by atoms with Crippen molar-refractivity contribution in [1.29, 1.82) is 0 Å². The summed E-state index contributed by atoms with van der Waals surface area (Å²) in [5, 5.41) is 3.60. The Morgan fingerprint density at radius 1 is 1.13 bits per heavy atom. The Balaban J connectivity index is 2.09. The second-order valence-electron chi connectivity index (χ2n) is 4.61. The average molecular weight is 213 g/mol. The fourth-order valence-electron chi connectivity index (χ4n) is 2.28. The van der Waals surface area contributed by atoms with E-state index in [0.717, 1.165) is 13.2 Å². The highest BCUT2D eigenvalue weighted by molar-refractivity contribution is 4.83. The van der Waals surface area contributed by atoms with Crippen LogP contribution in [0.25, 0.3) is 0 Å². The van der Waals surface area contributed by atoms with Crippen LogP contribution in [0.4, 0.5) is 0 Å². The monoisotopic (exact) mass is 213 g/mol. The van der Waals surface area contributed by atoms with Gasteiger partial charge in [0.25, 0.3) is 0 Å². The molecule has 0 spiro atoms. The smallest absolute Gasteiger partial charge is 0.0728 e. The molecule has 2 atom stereocenters. The van der Waals surface area contributed by atoms with E-state index in [2.05, 4.69) is 19.2 Å². The Kier molecular flexibility index (Phi) is 7.03. The van der Waals surface area contributed by atoms with Gasteiger partial charge in [-0.05, 0) is 38.6 Å². The Hall–Kier alpha value is -0.0800. The van der Waals surface area contributed by atoms with Gasteiger partial charge in [-0.15, -0.1) is 0 Å². The topological polar surface area (TPSA) is 21.3 Å². The van der Waals surface area contributed by atoms with Crippen LogP contribution in [0.1, 0.15) is 58.8 Å². The van der Waals surface area contributed by atoms with Gasteiger partial charge >= 0.3 is 0 Å². The fraction of sp³-hybridized carbons (Fsp3) is 1.00. The molecule has 0 radical (unpaired) electrons. The summed E-state index contributed by atoms with van der Waals surface area (Å²) in [4.78, 5) is 0. The molecule has 0 bridgehead atoms. The van der Waals surface area contributed by atoms with Gasteiger partial charge in [0.2, 0.25) is 0 Å². The molecule has 0 aromatic heterocycles. The van der Waals surface area contributed by atoms with Crippen molar-refractivity contribution in [2.24, 2.45) is 0 Å². The lowest BCUT2D eigenvalue weighted by Crippen LogP contribution is -2.37. The Morgan fingerprint density at radius 3 is 2.73 bits per heavy atom. The molecule has 0 aliphatic heterocycles. The third kappa shape index (κ3) is 4.98. The van der Waals surface area contributed by atoms with Crippen molar-refractivity contribution in [3.63, 3.8) is 0 Å². The highest BCUT2D eigenvalue weighted by atomic mass is 16.5. The molecule has 0 saturated heterocycles. The second kappa shape index (κ2) is 8.12. The zero-order chi connectivity index (χ0) is 10.9. The van der Waals surface area contributed by atoms with Crippen LogP contribution in [0.15, 0.2) is 0 Å². The summed E-state index contributed by atoms with van der Waals surface area (Å²) < 4.78 is 5.95. The van der Waals surface area contributed by atoms with Crippen LogP contribution in [-0.2, 0) is 4.74 Å². The van der Waals surface area contributed by atoms with Gasteiger partial charge in [-0.1, -0.05) is 26.7 Å². The number of rotatable bonds is 8. The zero-order valence-corrected chi connectivity index (χ0v) is 10.4. The zero-order valence-electron chi connectivity index (χ0n) is 10.4. The number of nitrogens with one attached hydrogen (secondary N) is 1. The van der Waals surface area contributed by atoms with Gasteiger partial charge in [0.15, 0.2) is 0 Å². The lowest BCUT2D eigenvalue weighted by molar-refractivity contribution is 0.0378. The quantitative estimate of drug-likeness (QED) is 0.626. The molecule has 1 aliphatic carbocycles. The predicted octanol–water partition coefficient (Wildman–Crippen LogP) is 3.11. The first kappa shape index (κ1) is 13.0. The molecule has 90 valence electrons. The first-order chi connectivity index (χ1) is 7.38. The summed E-state index contributed by atoms with van der Waals surface area (Å²) in [5.41, 5.74) is 0. The summed E-state index contributed by atoms with van der Waals surface area (Å²) in [6.45, 7) is 6.56. The minimum absolute atomic E-state index is 0.494. The molecule has 2 unspecified atom stereocenters. The van der Waals surface area contributed by atoms with Crippen LogP contribution in [0.5, 0.6) is 0 Å².